The molecule has 0 radical (unpaired) electrons. The average Bonchev–Trinajstić information content (AvgIpc) is 1.79. The summed E-state index contributed by atoms with van der Waals surface area (Å²) < 4.78 is 24.8. The maximum absolute atomic E-state index is 10.5. The SMILES string of the molecule is NCCOC(=O)CS(=O)(=O)Cl. The van der Waals surface area contributed by atoms with Gasteiger partial charge in [0.15, 0.2) is 5.75 Å². The van der Waals surface area contributed by atoms with E-state index in [1.54, 1.807) is 0 Å². The summed E-state index contributed by atoms with van der Waals surface area (Å²) in [6.45, 7) is 0.166. The maximum Gasteiger partial charge on any atom is 0.322 e. The number of esters is 1. The third kappa shape index (κ3) is 7.57. The van der Waals surface area contributed by atoms with E-state index in [0.29, 0.717) is 0 Å². The van der Waals surface area contributed by atoms with Crippen molar-refractivity contribution < 1.29 is 17.9 Å². The molecule has 0 aliphatic heterocycles. The molecule has 0 fully saturated rings. The van der Waals surface area contributed by atoms with Crippen LogP contribution in [-0.2, 0) is 18.6 Å². The minimum absolute atomic E-state index is 0.00520. The van der Waals surface area contributed by atoms with Gasteiger partial charge in [-0.1, -0.05) is 0 Å². The summed E-state index contributed by atoms with van der Waals surface area (Å²) >= 11 is 0. The highest BCUT2D eigenvalue weighted by Crippen LogP contribution is 1.96. The predicted octanol–water partition coefficient (Wildman–Crippen LogP) is -0.943. The standard InChI is InChI=1S/C4H8ClNO4S/c5-11(8,9)3-4(7)10-2-1-6/h1-3,6H2. The molecule has 0 saturated heterocycles. The number of rotatable bonds is 4. The van der Waals surface area contributed by atoms with Crippen LogP contribution >= 0.6 is 10.7 Å². The highest BCUT2D eigenvalue weighted by atomic mass is 35.7. The van der Waals surface area contributed by atoms with Gasteiger partial charge in [-0.2, -0.15) is 0 Å². The highest BCUT2D eigenvalue weighted by Gasteiger charge is 2.13. The van der Waals surface area contributed by atoms with E-state index in [1.807, 2.05) is 0 Å². The normalized spacial score (nSPS) is 11.1. The Balaban J connectivity index is 3.71. The Bertz CT molecular complexity index is 224. The zero-order valence-corrected chi connectivity index (χ0v) is 7.19. The molecule has 7 heteroatoms. The van der Waals surface area contributed by atoms with Crippen molar-refractivity contribution in [2.24, 2.45) is 5.73 Å². The second-order valence-electron chi connectivity index (χ2n) is 1.69. The molecule has 66 valence electrons. The molecule has 0 bridgehead atoms. The molecule has 0 unspecified atom stereocenters. The zero-order chi connectivity index (χ0) is 8.91. The zero-order valence-electron chi connectivity index (χ0n) is 5.62. The van der Waals surface area contributed by atoms with E-state index in [-0.39, 0.29) is 13.2 Å². The number of carbonyl (C=O) groups is 1. The van der Waals surface area contributed by atoms with Crippen LogP contribution in [0.3, 0.4) is 0 Å². The fourth-order valence-corrected chi connectivity index (χ4v) is 0.987. The van der Waals surface area contributed by atoms with Crippen molar-refractivity contribution in [1.82, 2.24) is 0 Å². The highest BCUT2D eigenvalue weighted by molar-refractivity contribution is 8.14. The number of ether oxygens (including phenoxy) is 1. The van der Waals surface area contributed by atoms with E-state index < -0.39 is 20.8 Å². The summed E-state index contributed by atoms with van der Waals surface area (Å²) in [5, 5.41) is 0. The molecule has 0 aliphatic rings. The van der Waals surface area contributed by atoms with E-state index in [1.165, 1.54) is 0 Å². The molecule has 2 N–H and O–H groups in total. The Morgan fingerprint density at radius 2 is 2.09 bits per heavy atom. The van der Waals surface area contributed by atoms with Crippen molar-refractivity contribution in [2.75, 3.05) is 18.9 Å². The van der Waals surface area contributed by atoms with Crippen molar-refractivity contribution in [3.63, 3.8) is 0 Å². The topological polar surface area (TPSA) is 86.5 Å². The van der Waals surface area contributed by atoms with E-state index in [4.69, 9.17) is 16.4 Å². The Morgan fingerprint density at radius 1 is 1.55 bits per heavy atom. The lowest BCUT2D eigenvalue weighted by molar-refractivity contribution is -0.140. The number of halogens is 1. The van der Waals surface area contributed by atoms with Crippen molar-refractivity contribution in [3.05, 3.63) is 0 Å². The predicted molar refractivity (Wildman–Crippen MR) is 39.7 cm³/mol. The number of hydrogen-bond donors (Lipinski definition) is 1. The van der Waals surface area contributed by atoms with E-state index in [2.05, 4.69) is 4.74 Å². The first-order chi connectivity index (χ1) is 4.95. The fraction of sp³-hybridized carbons (Fsp3) is 0.750. The Kier molecular flexibility index (Phi) is 4.39. The minimum atomic E-state index is -3.80. The van der Waals surface area contributed by atoms with Crippen molar-refractivity contribution in [1.29, 1.82) is 0 Å². The molecule has 5 nitrogen and oxygen atoms in total. The van der Waals surface area contributed by atoms with Crippen LogP contribution in [0.2, 0.25) is 0 Å². The molecule has 0 spiro atoms. The molecule has 0 aromatic carbocycles. The van der Waals surface area contributed by atoms with Crippen LogP contribution in [0.4, 0.5) is 0 Å². The lowest BCUT2D eigenvalue weighted by atomic mass is 10.7. The number of nitrogens with two attached hydrogens (primary N) is 1. The van der Waals surface area contributed by atoms with Gasteiger partial charge in [-0.25, -0.2) is 8.42 Å². The molecule has 0 saturated carbocycles. The van der Waals surface area contributed by atoms with Crippen LogP contribution in [-0.4, -0.2) is 33.3 Å². The molecule has 0 aromatic rings. The molecule has 0 atom stereocenters. The molecular formula is C4H8ClNO4S. The summed E-state index contributed by atoms with van der Waals surface area (Å²) in [6.07, 6.45) is 0. The summed E-state index contributed by atoms with van der Waals surface area (Å²) in [5.74, 6) is -1.69. The first-order valence-electron chi connectivity index (χ1n) is 2.74. The van der Waals surface area contributed by atoms with Gasteiger partial charge >= 0.3 is 5.97 Å². The third-order valence-corrected chi connectivity index (χ3v) is 1.58. The summed E-state index contributed by atoms with van der Waals surface area (Å²) in [5.41, 5.74) is 4.98. The monoisotopic (exact) mass is 201 g/mol. The van der Waals surface area contributed by atoms with Gasteiger partial charge in [-0.15, -0.1) is 0 Å². The molecule has 11 heavy (non-hydrogen) atoms. The second-order valence-corrected chi connectivity index (χ2v) is 4.47. The Morgan fingerprint density at radius 3 is 2.45 bits per heavy atom. The van der Waals surface area contributed by atoms with Gasteiger partial charge in [0, 0.05) is 17.2 Å². The summed E-state index contributed by atoms with van der Waals surface area (Å²) in [6, 6.07) is 0. The second kappa shape index (κ2) is 4.53. The van der Waals surface area contributed by atoms with Crippen LogP contribution in [0, 0.1) is 0 Å². The van der Waals surface area contributed by atoms with Crippen LogP contribution in [0.25, 0.3) is 0 Å². The maximum atomic E-state index is 10.5. The largest absolute Gasteiger partial charge is 0.464 e. The Hall–Kier alpha value is -0.330. The van der Waals surface area contributed by atoms with Gasteiger partial charge in [0.05, 0.1) is 0 Å². The van der Waals surface area contributed by atoms with Crippen molar-refractivity contribution in [3.8, 4) is 0 Å². The smallest absolute Gasteiger partial charge is 0.322 e. The van der Waals surface area contributed by atoms with Crippen LogP contribution < -0.4 is 5.73 Å². The third-order valence-electron chi connectivity index (χ3n) is 0.671. The van der Waals surface area contributed by atoms with E-state index in [9.17, 15) is 13.2 Å². The molecule has 0 heterocycles. The lowest BCUT2D eigenvalue weighted by Crippen LogP contribution is -2.18. The quantitative estimate of drug-likeness (QED) is 0.469. The Labute approximate surface area is 68.9 Å². The lowest BCUT2D eigenvalue weighted by Gasteiger charge is -1.99. The summed E-state index contributed by atoms with van der Waals surface area (Å²) in [7, 11) is 0.950. The summed E-state index contributed by atoms with van der Waals surface area (Å²) in [4.78, 5) is 10.5. The van der Waals surface area contributed by atoms with Gasteiger partial charge in [-0.3, -0.25) is 4.79 Å². The van der Waals surface area contributed by atoms with Gasteiger partial charge in [0.2, 0.25) is 9.05 Å². The van der Waals surface area contributed by atoms with Gasteiger partial charge in [0.25, 0.3) is 0 Å². The van der Waals surface area contributed by atoms with Crippen LogP contribution in [0.1, 0.15) is 0 Å². The van der Waals surface area contributed by atoms with Crippen LogP contribution in [0.15, 0.2) is 0 Å². The van der Waals surface area contributed by atoms with Crippen molar-refractivity contribution in [2.45, 2.75) is 0 Å². The molecular weight excluding hydrogens is 194 g/mol. The first kappa shape index (κ1) is 10.7. The molecule has 0 aliphatic carbocycles. The molecule has 0 rings (SSSR count). The van der Waals surface area contributed by atoms with Crippen LogP contribution in [0.5, 0.6) is 0 Å². The molecule has 0 amide bonds. The van der Waals surface area contributed by atoms with E-state index in [0.717, 1.165) is 0 Å². The van der Waals surface area contributed by atoms with Gasteiger partial charge in [-0.05, 0) is 0 Å². The van der Waals surface area contributed by atoms with Crippen molar-refractivity contribution >= 4 is 25.7 Å². The minimum Gasteiger partial charge on any atom is -0.464 e. The van der Waals surface area contributed by atoms with Gasteiger partial charge < -0.3 is 10.5 Å². The number of carbonyl (C=O) groups excluding carboxylic acids is 1. The molecule has 0 aromatic heterocycles. The fourth-order valence-electron chi connectivity index (χ4n) is 0.355. The first-order valence-corrected chi connectivity index (χ1v) is 5.21. The van der Waals surface area contributed by atoms with E-state index >= 15 is 0 Å². The van der Waals surface area contributed by atoms with Gasteiger partial charge in [0.1, 0.15) is 6.61 Å². The average molecular weight is 202 g/mol. The number of hydrogen-bond acceptors (Lipinski definition) is 5.